The van der Waals surface area contributed by atoms with Gasteiger partial charge in [0, 0.05) is 0 Å². The van der Waals surface area contributed by atoms with Gasteiger partial charge in [0.25, 0.3) is 0 Å². The molecule has 2 aromatic rings. The summed E-state index contributed by atoms with van der Waals surface area (Å²) in [6.07, 6.45) is 1.61. The summed E-state index contributed by atoms with van der Waals surface area (Å²) >= 11 is 0. The SMILES string of the molecule is CCOc1cnnn1-c1ccc(C)cc1. The van der Waals surface area contributed by atoms with E-state index in [2.05, 4.69) is 17.2 Å². The molecule has 0 aliphatic heterocycles. The Kier molecular flexibility index (Phi) is 2.67. The van der Waals surface area contributed by atoms with Gasteiger partial charge in [-0.05, 0) is 26.0 Å². The molecule has 0 unspecified atom stereocenters. The van der Waals surface area contributed by atoms with E-state index < -0.39 is 0 Å². The van der Waals surface area contributed by atoms with E-state index in [0.29, 0.717) is 12.5 Å². The van der Waals surface area contributed by atoms with Gasteiger partial charge in [-0.2, -0.15) is 4.68 Å². The van der Waals surface area contributed by atoms with E-state index in [1.54, 1.807) is 10.9 Å². The standard InChI is InChI=1S/C11H13N3O/c1-3-15-11-8-12-13-14(11)10-6-4-9(2)5-7-10/h4-8H,3H2,1-2H3. The smallest absolute Gasteiger partial charge is 0.237 e. The topological polar surface area (TPSA) is 39.9 Å². The van der Waals surface area contributed by atoms with Crippen molar-refractivity contribution in [1.82, 2.24) is 15.0 Å². The van der Waals surface area contributed by atoms with E-state index >= 15 is 0 Å². The van der Waals surface area contributed by atoms with Crippen molar-refractivity contribution < 1.29 is 4.74 Å². The van der Waals surface area contributed by atoms with Gasteiger partial charge in [0.2, 0.25) is 5.88 Å². The molecule has 0 amide bonds. The first-order chi connectivity index (χ1) is 7.31. The van der Waals surface area contributed by atoms with Crippen LogP contribution >= 0.6 is 0 Å². The molecule has 0 spiro atoms. The van der Waals surface area contributed by atoms with E-state index in [9.17, 15) is 0 Å². The maximum Gasteiger partial charge on any atom is 0.237 e. The van der Waals surface area contributed by atoms with Gasteiger partial charge in [0.15, 0.2) is 0 Å². The molecule has 78 valence electrons. The van der Waals surface area contributed by atoms with Crippen LogP contribution in [-0.4, -0.2) is 21.6 Å². The molecule has 15 heavy (non-hydrogen) atoms. The number of rotatable bonds is 3. The molecule has 4 nitrogen and oxygen atoms in total. The number of hydrogen-bond acceptors (Lipinski definition) is 3. The lowest BCUT2D eigenvalue weighted by Gasteiger charge is -2.05. The van der Waals surface area contributed by atoms with E-state index in [1.165, 1.54) is 5.56 Å². The summed E-state index contributed by atoms with van der Waals surface area (Å²) < 4.78 is 7.08. The van der Waals surface area contributed by atoms with Gasteiger partial charge in [-0.3, -0.25) is 0 Å². The van der Waals surface area contributed by atoms with Crippen molar-refractivity contribution in [3.05, 3.63) is 36.0 Å². The number of aromatic nitrogens is 3. The van der Waals surface area contributed by atoms with Crippen LogP contribution in [0, 0.1) is 6.92 Å². The van der Waals surface area contributed by atoms with Crippen LogP contribution in [0.4, 0.5) is 0 Å². The van der Waals surface area contributed by atoms with Gasteiger partial charge < -0.3 is 4.74 Å². The third-order valence-electron chi connectivity index (χ3n) is 2.09. The Labute approximate surface area is 88.5 Å². The first-order valence-electron chi connectivity index (χ1n) is 4.92. The first-order valence-corrected chi connectivity index (χ1v) is 4.92. The quantitative estimate of drug-likeness (QED) is 0.765. The van der Waals surface area contributed by atoms with Crippen molar-refractivity contribution in [3.8, 4) is 11.6 Å². The molecule has 1 heterocycles. The summed E-state index contributed by atoms with van der Waals surface area (Å²) in [4.78, 5) is 0. The minimum atomic E-state index is 0.610. The monoisotopic (exact) mass is 203 g/mol. The zero-order chi connectivity index (χ0) is 10.7. The average molecular weight is 203 g/mol. The van der Waals surface area contributed by atoms with Gasteiger partial charge in [-0.1, -0.05) is 22.9 Å². The lowest BCUT2D eigenvalue weighted by molar-refractivity contribution is 0.316. The van der Waals surface area contributed by atoms with Gasteiger partial charge in [-0.25, -0.2) is 0 Å². The van der Waals surface area contributed by atoms with Gasteiger partial charge in [-0.15, -0.1) is 5.10 Å². The molecule has 2 rings (SSSR count). The second kappa shape index (κ2) is 4.13. The molecular weight excluding hydrogens is 190 g/mol. The molecule has 0 fully saturated rings. The predicted molar refractivity (Wildman–Crippen MR) is 57.3 cm³/mol. The van der Waals surface area contributed by atoms with E-state index in [0.717, 1.165) is 5.69 Å². The second-order valence-electron chi connectivity index (χ2n) is 3.25. The molecule has 1 aromatic carbocycles. The fourth-order valence-electron chi connectivity index (χ4n) is 1.34. The van der Waals surface area contributed by atoms with Crippen LogP contribution in [0.1, 0.15) is 12.5 Å². The van der Waals surface area contributed by atoms with Crippen LogP contribution in [0.3, 0.4) is 0 Å². The lowest BCUT2D eigenvalue weighted by atomic mass is 10.2. The van der Waals surface area contributed by atoms with Gasteiger partial charge >= 0.3 is 0 Å². The number of benzene rings is 1. The molecule has 0 saturated carbocycles. The van der Waals surface area contributed by atoms with E-state index in [4.69, 9.17) is 4.74 Å². The molecule has 0 aliphatic carbocycles. The van der Waals surface area contributed by atoms with E-state index in [1.807, 2.05) is 31.2 Å². The van der Waals surface area contributed by atoms with Crippen molar-refractivity contribution >= 4 is 0 Å². The third-order valence-corrected chi connectivity index (χ3v) is 2.09. The minimum Gasteiger partial charge on any atom is -0.477 e. The Morgan fingerprint density at radius 1 is 1.27 bits per heavy atom. The number of ether oxygens (including phenoxy) is 1. The van der Waals surface area contributed by atoms with E-state index in [-0.39, 0.29) is 0 Å². The fourth-order valence-corrected chi connectivity index (χ4v) is 1.34. The van der Waals surface area contributed by atoms with Crippen LogP contribution in [0.25, 0.3) is 5.69 Å². The van der Waals surface area contributed by atoms with Crippen molar-refractivity contribution in [2.24, 2.45) is 0 Å². The highest BCUT2D eigenvalue weighted by Gasteiger charge is 2.05. The Bertz CT molecular complexity index is 433. The Balaban J connectivity index is 2.36. The highest BCUT2D eigenvalue weighted by atomic mass is 16.5. The van der Waals surface area contributed by atoms with Crippen LogP contribution in [0.2, 0.25) is 0 Å². The molecule has 0 radical (unpaired) electrons. The summed E-state index contributed by atoms with van der Waals surface area (Å²) in [5.41, 5.74) is 2.18. The zero-order valence-electron chi connectivity index (χ0n) is 8.84. The van der Waals surface area contributed by atoms with Crippen LogP contribution in [-0.2, 0) is 0 Å². The normalized spacial score (nSPS) is 10.3. The summed E-state index contributed by atoms with van der Waals surface area (Å²) in [6, 6.07) is 8.05. The highest BCUT2D eigenvalue weighted by Crippen LogP contribution is 2.15. The number of hydrogen-bond donors (Lipinski definition) is 0. The summed E-state index contributed by atoms with van der Waals surface area (Å²) in [5, 5.41) is 7.80. The van der Waals surface area contributed by atoms with Crippen molar-refractivity contribution in [2.45, 2.75) is 13.8 Å². The number of nitrogens with zero attached hydrogens (tertiary/aromatic N) is 3. The first kappa shape index (κ1) is 9.71. The Morgan fingerprint density at radius 2 is 2.00 bits per heavy atom. The molecule has 1 aromatic heterocycles. The highest BCUT2D eigenvalue weighted by molar-refractivity contribution is 5.35. The van der Waals surface area contributed by atoms with Crippen LogP contribution in [0.15, 0.2) is 30.5 Å². The van der Waals surface area contributed by atoms with Crippen LogP contribution in [0.5, 0.6) is 5.88 Å². The van der Waals surface area contributed by atoms with Crippen molar-refractivity contribution in [3.63, 3.8) is 0 Å². The molecule has 0 aliphatic rings. The molecular formula is C11H13N3O. The second-order valence-corrected chi connectivity index (χ2v) is 3.25. The van der Waals surface area contributed by atoms with Crippen molar-refractivity contribution in [2.75, 3.05) is 6.61 Å². The van der Waals surface area contributed by atoms with Crippen LogP contribution < -0.4 is 4.74 Å². The maximum absolute atomic E-state index is 5.40. The molecule has 0 saturated heterocycles. The average Bonchev–Trinajstić information content (AvgIpc) is 2.68. The summed E-state index contributed by atoms with van der Waals surface area (Å²) in [5.74, 6) is 0.668. The molecule has 0 atom stereocenters. The molecule has 0 bridgehead atoms. The largest absolute Gasteiger partial charge is 0.477 e. The minimum absolute atomic E-state index is 0.610. The van der Waals surface area contributed by atoms with Crippen molar-refractivity contribution in [1.29, 1.82) is 0 Å². The van der Waals surface area contributed by atoms with Gasteiger partial charge in [0.05, 0.1) is 12.3 Å². The zero-order valence-corrected chi connectivity index (χ0v) is 8.84. The summed E-state index contributed by atoms with van der Waals surface area (Å²) in [7, 11) is 0. The predicted octanol–water partition coefficient (Wildman–Crippen LogP) is 1.97. The number of aryl methyl sites for hydroxylation is 1. The third kappa shape index (κ3) is 1.98. The fraction of sp³-hybridized carbons (Fsp3) is 0.273. The molecule has 0 N–H and O–H groups in total. The Hall–Kier alpha value is -1.84. The lowest BCUT2D eigenvalue weighted by Crippen LogP contribution is -2.02. The molecule has 4 heteroatoms. The maximum atomic E-state index is 5.40. The van der Waals surface area contributed by atoms with Gasteiger partial charge in [0.1, 0.15) is 6.20 Å². The summed E-state index contributed by atoms with van der Waals surface area (Å²) in [6.45, 7) is 4.60. The Morgan fingerprint density at radius 3 is 2.67 bits per heavy atom.